The van der Waals surface area contributed by atoms with Crippen molar-refractivity contribution in [2.75, 3.05) is 12.0 Å². The summed E-state index contributed by atoms with van der Waals surface area (Å²) in [5.41, 5.74) is 4.89. The Kier molecular flexibility index (Phi) is 4.20. The average molecular weight is 254 g/mol. The zero-order valence-electron chi connectivity index (χ0n) is 10.2. The predicted molar refractivity (Wildman–Crippen MR) is 69.5 cm³/mol. The van der Waals surface area contributed by atoms with Crippen LogP contribution in [0.3, 0.4) is 0 Å². The van der Waals surface area contributed by atoms with Crippen molar-refractivity contribution in [1.82, 2.24) is 9.97 Å². The number of nitrogens with one attached hydrogen (secondary N) is 1. The number of nitrogens with two attached hydrogens (primary N) is 1. The molecule has 0 spiro atoms. The monoisotopic (exact) mass is 254 g/mol. The van der Waals surface area contributed by atoms with Crippen molar-refractivity contribution in [2.24, 2.45) is 5.84 Å². The van der Waals surface area contributed by atoms with E-state index in [2.05, 4.69) is 22.3 Å². The molecule has 0 amide bonds. The SMILES string of the molecule is CCOC(CC)c1nc2c(c(NN)n1)CSC2. The van der Waals surface area contributed by atoms with Gasteiger partial charge in [-0.2, -0.15) is 11.8 Å². The van der Waals surface area contributed by atoms with E-state index >= 15 is 0 Å². The van der Waals surface area contributed by atoms with Gasteiger partial charge in [-0.05, 0) is 13.3 Å². The van der Waals surface area contributed by atoms with Crippen LogP contribution in [0.15, 0.2) is 0 Å². The molecule has 17 heavy (non-hydrogen) atoms. The third kappa shape index (κ3) is 2.53. The zero-order valence-corrected chi connectivity index (χ0v) is 11.0. The van der Waals surface area contributed by atoms with Gasteiger partial charge in [-0.15, -0.1) is 0 Å². The van der Waals surface area contributed by atoms with E-state index in [0.29, 0.717) is 6.61 Å². The molecular weight excluding hydrogens is 236 g/mol. The number of nitrogen functional groups attached to an aromatic ring is 1. The Morgan fingerprint density at radius 1 is 1.41 bits per heavy atom. The highest BCUT2D eigenvalue weighted by Crippen LogP contribution is 2.33. The molecule has 1 unspecified atom stereocenters. The lowest BCUT2D eigenvalue weighted by atomic mass is 10.2. The van der Waals surface area contributed by atoms with E-state index in [9.17, 15) is 0 Å². The van der Waals surface area contributed by atoms with Crippen LogP contribution >= 0.6 is 11.8 Å². The van der Waals surface area contributed by atoms with Gasteiger partial charge in [0.1, 0.15) is 11.9 Å². The summed E-state index contributed by atoms with van der Waals surface area (Å²) < 4.78 is 5.64. The first kappa shape index (κ1) is 12.6. The number of fused-ring (bicyclic) bond motifs is 1. The molecule has 3 N–H and O–H groups in total. The topological polar surface area (TPSA) is 73.1 Å². The number of aromatic nitrogens is 2. The first-order valence-electron chi connectivity index (χ1n) is 5.85. The van der Waals surface area contributed by atoms with Crippen molar-refractivity contribution >= 4 is 17.6 Å². The van der Waals surface area contributed by atoms with Crippen molar-refractivity contribution in [3.05, 3.63) is 17.1 Å². The third-order valence-corrected chi connectivity index (χ3v) is 3.73. The summed E-state index contributed by atoms with van der Waals surface area (Å²) in [5.74, 6) is 8.86. The lowest BCUT2D eigenvalue weighted by molar-refractivity contribution is 0.0534. The van der Waals surface area contributed by atoms with Crippen LogP contribution in [0.25, 0.3) is 0 Å². The summed E-state index contributed by atoms with van der Waals surface area (Å²) in [6.45, 7) is 4.72. The van der Waals surface area contributed by atoms with Crippen LogP contribution in [-0.2, 0) is 16.2 Å². The Morgan fingerprint density at radius 3 is 2.88 bits per heavy atom. The predicted octanol–water partition coefficient (Wildman–Crippen LogP) is 2.00. The normalized spacial score (nSPS) is 15.7. The molecule has 0 saturated heterocycles. The van der Waals surface area contributed by atoms with Crippen LogP contribution in [0.2, 0.25) is 0 Å². The molecule has 2 heterocycles. The zero-order chi connectivity index (χ0) is 12.3. The minimum absolute atomic E-state index is 0.0389. The van der Waals surface area contributed by atoms with E-state index in [1.165, 1.54) is 0 Å². The molecule has 1 aliphatic heterocycles. The molecule has 0 saturated carbocycles. The van der Waals surface area contributed by atoms with Gasteiger partial charge in [0.05, 0.1) is 5.69 Å². The van der Waals surface area contributed by atoms with E-state index in [1.54, 1.807) is 0 Å². The summed E-state index contributed by atoms with van der Waals surface area (Å²) in [7, 11) is 0. The van der Waals surface area contributed by atoms with Gasteiger partial charge >= 0.3 is 0 Å². The van der Waals surface area contributed by atoms with Gasteiger partial charge in [-0.3, -0.25) is 0 Å². The molecular formula is C11H18N4OS. The Balaban J connectivity index is 2.35. The summed E-state index contributed by atoms with van der Waals surface area (Å²) in [4.78, 5) is 9.07. The number of ether oxygens (including phenoxy) is 1. The van der Waals surface area contributed by atoms with Crippen molar-refractivity contribution in [3.8, 4) is 0 Å². The summed E-state index contributed by atoms with van der Waals surface area (Å²) in [5, 5.41) is 0. The maximum absolute atomic E-state index is 5.64. The molecule has 1 aliphatic rings. The Hall–Kier alpha value is -0.850. The quantitative estimate of drug-likeness (QED) is 0.618. The van der Waals surface area contributed by atoms with Crippen molar-refractivity contribution in [2.45, 2.75) is 37.9 Å². The third-order valence-electron chi connectivity index (χ3n) is 2.76. The van der Waals surface area contributed by atoms with Gasteiger partial charge in [0.2, 0.25) is 0 Å². The second-order valence-electron chi connectivity index (χ2n) is 3.85. The summed E-state index contributed by atoms with van der Waals surface area (Å²) in [6.07, 6.45) is 0.826. The number of hydrogen-bond donors (Lipinski definition) is 2. The first-order valence-corrected chi connectivity index (χ1v) is 7.01. The smallest absolute Gasteiger partial charge is 0.159 e. The van der Waals surface area contributed by atoms with Crippen LogP contribution in [0.4, 0.5) is 5.82 Å². The number of hydrazine groups is 1. The van der Waals surface area contributed by atoms with Gasteiger partial charge in [0.15, 0.2) is 5.82 Å². The molecule has 0 aliphatic carbocycles. The summed E-state index contributed by atoms with van der Waals surface area (Å²) in [6, 6.07) is 0. The van der Waals surface area contributed by atoms with Gasteiger partial charge in [-0.25, -0.2) is 15.8 Å². The maximum atomic E-state index is 5.64. The fraction of sp³-hybridized carbons (Fsp3) is 0.636. The number of thioether (sulfide) groups is 1. The molecule has 1 aromatic rings. The highest BCUT2D eigenvalue weighted by molar-refractivity contribution is 7.98. The molecule has 0 aromatic carbocycles. The van der Waals surface area contributed by atoms with E-state index in [1.807, 2.05) is 18.7 Å². The van der Waals surface area contributed by atoms with E-state index < -0.39 is 0 Å². The van der Waals surface area contributed by atoms with Crippen LogP contribution in [0.1, 0.15) is 43.5 Å². The largest absolute Gasteiger partial charge is 0.371 e. The Labute approximate surface area is 106 Å². The van der Waals surface area contributed by atoms with Crippen LogP contribution in [0.5, 0.6) is 0 Å². The van der Waals surface area contributed by atoms with E-state index in [4.69, 9.17) is 10.6 Å². The number of anilines is 1. The highest BCUT2D eigenvalue weighted by Gasteiger charge is 2.22. The number of hydrogen-bond acceptors (Lipinski definition) is 6. The molecule has 2 rings (SSSR count). The molecule has 94 valence electrons. The Morgan fingerprint density at radius 2 is 2.24 bits per heavy atom. The average Bonchev–Trinajstić information content (AvgIpc) is 2.82. The van der Waals surface area contributed by atoms with Crippen molar-refractivity contribution < 1.29 is 4.74 Å². The lowest BCUT2D eigenvalue weighted by Crippen LogP contribution is -2.16. The highest BCUT2D eigenvalue weighted by atomic mass is 32.2. The van der Waals surface area contributed by atoms with Gasteiger partial charge in [-0.1, -0.05) is 6.92 Å². The number of rotatable bonds is 5. The Bertz CT molecular complexity index is 399. The second-order valence-corrected chi connectivity index (χ2v) is 4.83. The second kappa shape index (κ2) is 5.66. The van der Waals surface area contributed by atoms with E-state index in [-0.39, 0.29) is 6.10 Å². The molecule has 5 nitrogen and oxygen atoms in total. The molecule has 6 heteroatoms. The van der Waals surface area contributed by atoms with Crippen molar-refractivity contribution in [3.63, 3.8) is 0 Å². The first-order chi connectivity index (χ1) is 8.30. The fourth-order valence-electron chi connectivity index (χ4n) is 1.91. The van der Waals surface area contributed by atoms with Crippen LogP contribution < -0.4 is 11.3 Å². The van der Waals surface area contributed by atoms with Crippen LogP contribution in [-0.4, -0.2) is 16.6 Å². The molecule has 0 radical (unpaired) electrons. The molecule has 1 atom stereocenters. The minimum Gasteiger partial charge on any atom is -0.371 e. The van der Waals surface area contributed by atoms with Gasteiger partial charge in [0, 0.05) is 23.7 Å². The van der Waals surface area contributed by atoms with Gasteiger partial charge in [0.25, 0.3) is 0 Å². The lowest BCUT2D eigenvalue weighted by Gasteiger charge is -2.16. The molecule has 0 fully saturated rings. The van der Waals surface area contributed by atoms with Crippen LogP contribution in [0, 0.1) is 0 Å². The van der Waals surface area contributed by atoms with E-state index in [0.717, 1.165) is 40.8 Å². The van der Waals surface area contributed by atoms with Gasteiger partial charge < -0.3 is 10.2 Å². The standard InChI is InChI=1S/C11H18N4OS/c1-3-9(16-4-2)11-13-8-6-17-5-7(8)10(14-11)15-12/h9H,3-6,12H2,1-2H3,(H,13,14,15). The molecule has 0 bridgehead atoms. The van der Waals surface area contributed by atoms with Crippen molar-refractivity contribution in [1.29, 1.82) is 0 Å². The minimum atomic E-state index is -0.0389. The fourth-order valence-corrected chi connectivity index (χ4v) is 2.95. The number of nitrogens with zero attached hydrogens (tertiary/aromatic N) is 2. The molecule has 1 aromatic heterocycles. The summed E-state index contributed by atoms with van der Waals surface area (Å²) >= 11 is 1.83. The maximum Gasteiger partial charge on any atom is 0.159 e.